The first kappa shape index (κ1) is 14.9. The molecule has 2 N–H and O–H groups in total. The largest absolute Gasteiger partial charge is 0.494 e. The van der Waals surface area contributed by atoms with Crippen molar-refractivity contribution in [1.82, 2.24) is 0 Å². The number of methoxy groups -OCH3 is 1. The van der Waals surface area contributed by atoms with Gasteiger partial charge in [-0.25, -0.2) is 4.39 Å². The second-order valence-electron chi connectivity index (χ2n) is 4.92. The van der Waals surface area contributed by atoms with Crippen LogP contribution in [0.15, 0.2) is 18.2 Å². The molecule has 0 aliphatic rings. The Morgan fingerprint density at radius 3 is 2.56 bits per heavy atom. The number of rotatable bonds is 6. The summed E-state index contributed by atoms with van der Waals surface area (Å²) in [5.74, 6) is -0.180. The summed E-state index contributed by atoms with van der Waals surface area (Å²) in [5.41, 5.74) is 6.49. The quantitative estimate of drug-likeness (QED) is 0.849. The van der Waals surface area contributed by atoms with Gasteiger partial charge >= 0.3 is 0 Å². The summed E-state index contributed by atoms with van der Waals surface area (Å²) in [4.78, 5) is 0. The number of ether oxygens (including phenoxy) is 2. The summed E-state index contributed by atoms with van der Waals surface area (Å²) in [5, 5.41) is 0. The number of benzene rings is 1. The van der Waals surface area contributed by atoms with Crippen LogP contribution in [-0.2, 0) is 4.74 Å². The molecule has 0 aromatic heterocycles. The lowest BCUT2D eigenvalue weighted by atomic mass is 10.1. The Bertz CT molecular complexity index is 393. The molecule has 0 radical (unpaired) electrons. The maximum Gasteiger partial charge on any atom is 0.165 e. The molecule has 18 heavy (non-hydrogen) atoms. The van der Waals surface area contributed by atoms with Gasteiger partial charge in [-0.1, -0.05) is 13.0 Å². The lowest BCUT2D eigenvalue weighted by Crippen LogP contribution is -2.28. The van der Waals surface area contributed by atoms with E-state index >= 15 is 0 Å². The molecule has 102 valence electrons. The predicted octanol–water partition coefficient (Wildman–Crippen LogP) is 3.04. The molecule has 3 nitrogen and oxygen atoms in total. The van der Waals surface area contributed by atoms with E-state index in [1.54, 1.807) is 12.1 Å². The molecule has 1 aromatic rings. The Hall–Kier alpha value is -1.13. The molecule has 0 bridgehead atoms. The molecule has 0 aliphatic heterocycles. The zero-order chi connectivity index (χ0) is 13.8. The van der Waals surface area contributed by atoms with Gasteiger partial charge in [-0.15, -0.1) is 0 Å². The highest BCUT2D eigenvalue weighted by Crippen LogP contribution is 2.22. The lowest BCUT2D eigenvalue weighted by Gasteiger charge is -2.25. The van der Waals surface area contributed by atoms with Crippen LogP contribution in [0.1, 0.15) is 38.8 Å². The van der Waals surface area contributed by atoms with E-state index < -0.39 is 5.82 Å². The fraction of sp³-hybridized carbons (Fsp3) is 0.571. The van der Waals surface area contributed by atoms with Crippen LogP contribution in [0.25, 0.3) is 0 Å². The zero-order valence-electron chi connectivity index (χ0n) is 11.5. The summed E-state index contributed by atoms with van der Waals surface area (Å²) in [7, 11) is 1.44. The van der Waals surface area contributed by atoms with Crippen LogP contribution < -0.4 is 10.5 Å². The average Bonchev–Trinajstić information content (AvgIpc) is 2.36. The van der Waals surface area contributed by atoms with Crippen LogP contribution in [0, 0.1) is 5.82 Å². The third kappa shape index (κ3) is 3.96. The third-order valence-electron chi connectivity index (χ3n) is 3.11. The molecule has 1 aromatic carbocycles. The maximum atomic E-state index is 13.5. The summed E-state index contributed by atoms with van der Waals surface area (Å²) in [6.07, 6.45) is 0.899. The van der Waals surface area contributed by atoms with Crippen molar-refractivity contribution in [1.29, 1.82) is 0 Å². The molecule has 4 heteroatoms. The van der Waals surface area contributed by atoms with Crippen molar-refractivity contribution >= 4 is 0 Å². The van der Waals surface area contributed by atoms with Crippen LogP contribution >= 0.6 is 0 Å². The maximum absolute atomic E-state index is 13.5. The van der Waals surface area contributed by atoms with Crippen molar-refractivity contribution in [3.63, 3.8) is 0 Å². The first-order chi connectivity index (χ1) is 8.39. The van der Waals surface area contributed by atoms with E-state index in [4.69, 9.17) is 15.2 Å². The monoisotopic (exact) mass is 255 g/mol. The van der Waals surface area contributed by atoms with E-state index in [2.05, 4.69) is 6.92 Å². The highest BCUT2D eigenvalue weighted by atomic mass is 19.1. The predicted molar refractivity (Wildman–Crippen MR) is 70.2 cm³/mol. The van der Waals surface area contributed by atoms with Crippen LogP contribution in [0.3, 0.4) is 0 Å². The molecule has 0 amide bonds. The first-order valence-corrected chi connectivity index (χ1v) is 6.12. The van der Waals surface area contributed by atoms with Gasteiger partial charge in [-0.2, -0.15) is 0 Å². The Labute approximate surface area is 108 Å². The Morgan fingerprint density at radius 2 is 2.06 bits per heavy atom. The number of hydrogen-bond acceptors (Lipinski definition) is 3. The molecular formula is C14H22FNO2. The van der Waals surface area contributed by atoms with Crippen LogP contribution in [-0.4, -0.2) is 19.3 Å². The molecule has 0 heterocycles. The minimum Gasteiger partial charge on any atom is -0.494 e. The van der Waals surface area contributed by atoms with Gasteiger partial charge in [0.05, 0.1) is 25.4 Å². The second-order valence-corrected chi connectivity index (χ2v) is 4.92. The SMILES string of the molecule is CCC(C)(C)OCC(N)c1ccc(OC)c(F)c1. The van der Waals surface area contributed by atoms with Gasteiger partial charge in [0.2, 0.25) is 0 Å². The summed E-state index contributed by atoms with van der Waals surface area (Å²) < 4.78 is 24.1. The molecule has 1 rings (SSSR count). The smallest absolute Gasteiger partial charge is 0.165 e. The van der Waals surface area contributed by atoms with Crippen molar-refractivity contribution in [3.8, 4) is 5.75 Å². The van der Waals surface area contributed by atoms with Crippen molar-refractivity contribution in [2.45, 2.75) is 38.8 Å². The molecule has 0 saturated heterocycles. The molecule has 1 atom stereocenters. The highest BCUT2D eigenvalue weighted by Gasteiger charge is 2.18. The van der Waals surface area contributed by atoms with E-state index in [0.717, 1.165) is 6.42 Å². The molecule has 0 spiro atoms. The van der Waals surface area contributed by atoms with Crippen molar-refractivity contribution < 1.29 is 13.9 Å². The zero-order valence-corrected chi connectivity index (χ0v) is 11.5. The fourth-order valence-electron chi connectivity index (χ4n) is 1.43. The minimum atomic E-state index is -0.403. The molecule has 1 unspecified atom stereocenters. The Kier molecular flexibility index (Phi) is 5.11. The van der Waals surface area contributed by atoms with Gasteiger partial charge < -0.3 is 15.2 Å². The van der Waals surface area contributed by atoms with E-state index in [0.29, 0.717) is 12.2 Å². The Balaban J connectivity index is 2.67. The van der Waals surface area contributed by atoms with Crippen LogP contribution in [0.2, 0.25) is 0 Å². The fourth-order valence-corrected chi connectivity index (χ4v) is 1.43. The van der Waals surface area contributed by atoms with E-state index in [-0.39, 0.29) is 17.4 Å². The van der Waals surface area contributed by atoms with Crippen molar-refractivity contribution in [2.24, 2.45) is 5.73 Å². The van der Waals surface area contributed by atoms with Gasteiger partial charge in [-0.05, 0) is 38.0 Å². The van der Waals surface area contributed by atoms with E-state index in [1.807, 2.05) is 13.8 Å². The van der Waals surface area contributed by atoms with Crippen LogP contribution in [0.5, 0.6) is 5.75 Å². The van der Waals surface area contributed by atoms with Crippen molar-refractivity contribution in [3.05, 3.63) is 29.6 Å². The summed E-state index contributed by atoms with van der Waals surface area (Å²) in [6.45, 7) is 6.44. The van der Waals surface area contributed by atoms with Crippen molar-refractivity contribution in [2.75, 3.05) is 13.7 Å². The van der Waals surface area contributed by atoms with Gasteiger partial charge in [0.1, 0.15) is 0 Å². The van der Waals surface area contributed by atoms with Crippen LogP contribution in [0.4, 0.5) is 4.39 Å². The number of hydrogen-bond donors (Lipinski definition) is 1. The van der Waals surface area contributed by atoms with Gasteiger partial charge in [0.25, 0.3) is 0 Å². The van der Waals surface area contributed by atoms with Gasteiger partial charge in [-0.3, -0.25) is 0 Å². The first-order valence-electron chi connectivity index (χ1n) is 6.12. The standard InChI is InChI=1S/C14H22FNO2/c1-5-14(2,3)18-9-12(16)10-6-7-13(17-4)11(15)8-10/h6-8,12H,5,9,16H2,1-4H3. The lowest BCUT2D eigenvalue weighted by molar-refractivity contribution is -0.0267. The minimum absolute atomic E-state index is 0.206. The molecule has 0 saturated carbocycles. The summed E-state index contributed by atoms with van der Waals surface area (Å²) >= 11 is 0. The van der Waals surface area contributed by atoms with Gasteiger partial charge in [0, 0.05) is 0 Å². The number of nitrogens with two attached hydrogens (primary N) is 1. The molecule has 0 aliphatic carbocycles. The topological polar surface area (TPSA) is 44.5 Å². The number of halogens is 1. The van der Waals surface area contributed by atoms with E-state index in [9.17, 15) is 4.39 Å². The second kappa shape index (κ2) is 6.16. The molecular weight excluding hydrogens is 233 g/mol. The Morgan fingerprint density at radius 1 is 1.39 bits per heavy atom. The van der Waals surface area contributed by atoms with E-state index in [1.165, 1.54) is 13.2 Å². The average molecular weight is 255 g/mol. The normalized spacial score (nSPS) is 13.4. The van der Waals surface area contributed by atoms with Gasteiger partial charge in [0.15, 0.2) is 11.6 Å². The molecule has 0 fully saturated rings. The third-order valence-corrected chi connectivity index (χ3v) is 3.11. The highest BCUT2D eigenvalue weighted by molar-refractivity contribution is 5.30. The summed E-state index contributed by atoms with van der Waals surface area (Å²) in [6, 6.07) is 4.40.